The van der Waals surface area contributed by atoms with E-state index in [1.54, 1.807) is 6.07 Å². The highest BCUT2D eigenvalue weighted by atomic mass is 16.4. The van der Waals surface area contributed by atoms with E-state index in [0.717, 1.165) is 22.6 Å². The van der Waals surface area contributed by atoms with Crippen LogP contribution in [-0.4, -0.2) is 36.5 Å². The summed E-state index contributed by atoms with van der Waals surface area (Å²) in [5.74, 6) is -1.24. The van der Waals surface area contributed by atoms with E-state index >= 15 is 0 Å². The topological polar surface area (TPSA) is 102 Å². The number of para-hydroxylation sites is 1. The van der Waals surface area contributed by atoms with Crippen molar-refractivity contribution in [2.24, 2.45) is 0 Å². The molecule has 2 heterocycles. The number of aliphatic carboxylic acids is 1. The van der Waals surface area contributed by atoms with E-state index in [4.69, 9.17) is 5.11 Å². The van der Waals surface area contributed by atoms with E-state index in [9.17, 15) is 9.59 Å². The smallest absolute Gasteiger partial charge is 0.305 e. The molecule has 1 amide bonds. The molecule has 140 valence electrons. The first-order chi connectivity index (χ1) is 13.0. The van der Waals surface area contributed by atoms with Gasteiger partial charge in [-0.05, 0) is 32.0 Å². The fourth-order valence-corrected chi connectivity index (χ4v) is 2.92. The lowest BCUT2D eigenvalue weighted by molar-refractivity contribution is -0.137. The monoisotopic (exact) mass is 367 g/mol. The number of nitrogens with one attached hydrogen (secondary N) is 1. The lowest BCUT2D eigenvalue weighted by Gasteiger charge is -2.09. The molecular weight excluding hydrogens is 346 g/mol. The summed E-state index contributed by atoms with van der Waals surface area (Å²) in [6, 6.07) is 11.4. The Balaban J connectivity index is 1.72. The molecule has 0 saturated carbocycles. The Hall–Kier alpha value is -3.42. The minimum Gasteiger partial charge on any atom is -0.481 e. The van der Waals surface area contributed by atoms with Gasteiger partial charge < -0.3 is 10.4 Å². The van der Waals surface area contributed by atoms with Gasteiger partial charge in [0.25, 0.3) is 5.91 Å². The summed E-state index contributed by atoms with van der Waals surface area (Å²) >= 11 is 0. The van der Waals surface area contributed by atoms with Crippen LogP contribution in [0.25, 0.3) is 5.69 Å². The van der Waals surface area contributed by atoms with Gasteiger partial charge in [-0.3, -0.25) is 14.3 Å². The average Bonchev–Trinajstić information content (AvgIpc) is 3.23. The van der Waals surface area contributed by atoms with Crippen molar-refractivity contribution in [3.8, 4) is 5.69 Å². The van der Waals surface area contributed by atoms with Crippen molar-refractivity contribution in [3.63, 3.8) is 0 Å². The molecule has 0 atom stereocenters. The molecule has 2 N–H and O–H groups in total. The van der Waals surface area contributed by atoms with Crippen molar-refractivity contribution < 1.29 is 14.7 Å². The second kappa shape index (κ2) is 7.86. The largest absolute Gasteiger partial charge is 0.481 e. The number of benzene rings is 1. The fraction of sp³-hybridized carbons (Fsp3) is 0.263. The third kappa shape index (κ3) is 4.05. The maximum Gasteiger partial charge on any atom is 0.305 e. The number of aryl methyl sites for hydroxylation is 2. The molecule has 1 aromatic carbocycles. The summed E-state index contributed by atoms with van der Waals surface area (Å²) in [4.78, 5) is 23.2. The molecule has 0 saturated heterocycles. The number of hydrogen-bond donors (Lipinski definition) is 2. The van der Waals surface area contributed by atoms with Crippen LogP contribution in [0.2, 0.25) is 0 Å². The molecule has 0 unspecified atom stereocenters. The van der Waals surface area contributed by atoms with E-state index in [-0.39, 0.29) is 18.9 Å². The molecule has 0 radical (unpaired) electrons. The van der Waals surface area contributed by atoms with Gasteiger partial charge in [0.05, 0.1) is 24.3 Å². The summed E-state index contributed by atoms with van der Waals surface area (Å²) in [5, 5.41) is 20.3. The molecule has 8 nitrogen and oxygen atoms in total. The molecule has 0 aliphatic carbocycles. The van der Waals surface area contributed by atoms with Crippen LogP contribution in [0.5, 0.6) is 0 Å². The minimum atomic E-state index is -0.934. The van der Waals surface area contributed by atoms with E-state index in [0.29, 0.717) is 12.2 Å². The van der Waals surface area contributed by atoms with Gasteiger partial charge in [0.15, 0.2) is 0 Å². The molecule has 0 bridgehead atoms. The molecule has 8 heteroatoms. The van der Waals surface area contributed by atoms with Gasteiger partial charge in [0, 0.05) is 24.0 Å². The van der Waals surface area contributed by atoms with Crippen molar-refractivity contribution in [3.05, 3.63) is 65.2 Å². The molecule has 2 aromatic heterocycles. The van der Waals surface area contributed by atoms with E-state index < -0.39 is 5.97 Å². The predicted octanol–water partition coefficient (Wildman–Crippen LogP) is 2.09. The summed E-state index contributed by atoms with van der Waals surface area (Å²) in [5.41, 5.74) is 4.04. The highest BCUT2D eigenvalue weighted by Gasteiger charge is 2.16. The lowest BCUT2D eigenvalue weighted by Crippen LogP contribution is -2.26. The van der Waals surface area contributed by atoms with Crippen LogP contribution in [-0.2, 0) is 17.9 Å². The van der Waals surface area contributed by atoms with Gasteiger partial charge in [-0.2, -0.15) is 10.2 Å². The number of carbonyl (C=O) groups excluding carboxylic acids is 1. The van der Waals surface area contributed by atoms with Crippen molar-refractivity contribution in [2.75, 3.05) is 0 Å². The average molecular weight is 367 g/mol. The molecule has 0 spiro atoms. The number of amides is 1. The van der Waals surface area contributed by atoms with E-state index in [2.05, 4.69) is 15.5 Å². The number of aromatic nitrogens is 4. The first-order valence-corrected chi connectivity index (χ1v) is 8.59. The van der Waals surface area contributed by atoms with Crippen molar-refractivity contribution in [2.45, 2.75) is 33.4 Å². The van der Waals surface area contributed by atoms with Crippen LogP contribution in [0.3, 0.4) is 0 Å². The standard InChI is InChI=1S/C19H21N5O3/c1-13-16(14(2)24(22-13)15-6-4-3-5-7-15)12-20-19(27)17-8-10-21-23(17)11-9-18(25)26/h3-8,10H,9,11-12H2,1-2H3,(H,20,27)(H,25,26). The number of nitrogens with zero attached hydrogens (tertiary/aromatic N) is 4. The van der Waals surface area contributed by atoms with Crippen molar-refractivity contribution in [1.29, 1.82) is 0 Å². The number of rotatable bonds is 7. The van der Waals surface area contributed by atoms with Gasteiger partial charge in [-0.25, -0.2) is 4.68 Å². The van der Waals surface area contributed by atoms with Crippen LogP contribution in [0.1, 0.15) is 33.9 Å². The van der Waals surface area contributed by atoms with Crippen LogP contribution < -0.4 is 5.32 Å². The van der Waals surface area contributed by atoms with Gasteiger partial charge >= 0.3 is 5.97 Å². The maximum absolute atomic E-state index is 12.5. The lowest BCUT2D eigenvalue weighted by atomic mass is 10.2. The Bertz CT molecular complexity index is 959. The fourth-order valence-electron chi connectivity index (χ4n) is 2.92. The number of carbonyl (C=O) groups is 2. The number of hydrogen-bond acceptors (Lipinski definition) is 4. The second-order valence-electron chi connectivity index (χ2n) is 6.16. The summed E-state index contributed by atoms with van der Waals surface area (Å²) < 4.78 is 3.25. The highest BCUT2D eigenvalue weighted by Crippen LogP contribution is 2.17. The minimum absolute atomic E-state index is 0.0932. The quantitative estimate of drug-likeness (QED) is 0.666. The van der Waals surface area contributed by atoms with Crippen molar-refractivity contribution in [1.82, 2.24) is 24.9 Å². The summed E-state index contributed by atoms with van der Waals surface area (Å²) in [6.45, 7) is 4.35. The summed E-state index contributed by atoms with van der Waals surface area (Å²) in [7, 11) is 0. The Morgan fingerprint density at radius 3 is 2.59 bits per heavy atom. The molecule has 0 aliphatic rings. The van der Waals surface area contributed by atoms with Gasteiger partial charge in [0.2, 0.25) is 0 Å². The summed E-state index contributed by atoms with van der Waals surface area (Å²) in [6.07, 6.45) is 1.39. The molecular formula is C19H21N5O3. The van der Waals surface area contributed by atoms with Crippen LogP contribution in [0.15, 0.2) is 42.6 Å². The maximum atomic E-state index is 12.5. The van der Waals surface area contributed by atoms with Crippen molar-refractivity contribution >= 4 is 11.9 Å². The Labute approximate surface area is 156 Å². The molecule has 0 fully saturated rings. The van der Waals surface area contributed by atoms with Crippen LogP contribution >= 0.6 is 0 Å². The normalized spacial score (nSPS) is 10.7. The van der Waals surface area contributed by atoms with Crippen LogP contribution in [0.4, 0.5) is 0 Å². The van der Waals surface area contributed by atoms with Crippen LogP contribution in [0, 0.1) is 13.8 Å². The predicted molar refractivity (Wildman–Crippen MR) is 98.7 cm³/mol. The van der Waals surface area contributed by atoms with E-state index in [1.165, 1.54) is 10.9 Å². The van der Waals surface area contributed by atoms with Gasteiger partial charge in [-0.15, -0.1) is 0 Å². The Morgan fingerprint density at radius 2 is 1.89 bits per heavy atom. The molecule has 3 aromatic rings. The third-order valence-corrected chi connectivity index (χ3v) is 4.35. The number of carboxylic acid groups (broad SMARTS) is 1. The van der Waals surface area contributed by atoms with E-state index in [1.807, 2.05) is 48.9 Å². The molecule has 27 heavy (non-hydrogen) atoms. The zero-order valence-electron chi connectivity index (χ0n) is 15.2. The SMILES string of the molecule is Cc1nn(-c2ccccc2)c(C)c1CNC(=O)c1ccnn1CCC(=O)O. The first-order valence-electron chi connectivity index (χ1n) is 8.59. The number of carboxylic acids is 1. The Morgan fingerprint density at radius 1 is 1.15 bits per heavy atom. The first kappa shape index (κ1) is 18.4. The Kier molecular flexibility index (Phi) is 5.35. The van der Waals surface area contributed by atoms with Gasteiger partial charge in [-0.1, -0.05) is 18.2 Å². The second-order valence-corrected chi connectivity index (χ2v) is 6.16. The molecule has 3 rings (SSSR count). The third-order valence-electron chi connectivity index (χ3n) is 4.35. The van der Waals surface area contributed by atoms with Gasteiger partial charge in [0.1, 0.15) is 5.69 Å². The molecule has 0 aliphatic heterocycles. The highest BCUT2D eigenvalue weighted by molar-refractivity contribution is 5.92. The zero-order chi connectivity index (χ0) is 19.4. The zero-order valence-corrected chi connectivity index (χ0v) is 15.2.